The molecule has 0 N–H and O–H groups in total. The summed E-state index contributed by atoms with van der Waals surface area (Å²) in [6.07, 6.45) is 17.2. The quantitative estimate of drug-likeness (QED) is 0.717. The van der Waals surface area contributed by atoms with Crippen molar-refractivity contribution in [2.45, 2.75) is 76.7 Å². The lowest BCUT2D eigenvalue weighted by Gasteiger charge is -2.58. The van der Waals surface area contributed by atoms with Gasteiger partial charge in [-0.2, -0.15) is 0 Å². The van der Waals surface area contributed by atoms with Gasteiger partial charge in [0, 0.05) is 12.6 Å². The fourth-order valence-electron chi connectivity index (χ4n) is 7.61. The van der Waals surface area contributed by atoms with Crippen molar-refractivity contribution in [2.75, 3.05) is 13.1 Å². The van der Waals surface area contributed by atoms with Crippen LogP contribution in [0, 0.1) is 29.1 Å². The fraction of sp³-hybridized carbons (Fsp3) is 1.00. The monoisotopic (exact) mass is 273 g/mol. The average Bonchev–Trinajstić information content (AvgIpc) is 2.80. The lowest BCUT2D eigenvalue weighted by Crippen LogP contribution is -2.52. The minimum absolute atomic E-state index is 0.779. The van der Waals surface area contributed by atoms with Gasteiger partial charge in [-0.05, 0) is 93.4 Å². The van der Waals surface area contributed by atoms with Crippen LogP contribution in [0.3, 0.4) is 0 Å². The van der Waals surface area contributed by atoms with Crippen LogP contribution in [0.2, 0.25) is 0 Å². The van der Waals surface area contributed by atoms with E-state index in [1.807, 2.05) is 0 Å². The molecule has 5 aliphatic carbocycles. The smallest absolute Gasteiger partial charge is 0.0124 e. The predicted octanol–water partition coefficient (Wildman–Crippen LogP) is 4.47. The molecule has 1 heteroatoms. The molecule has 1 aliphatic heterocycles. The van der Waals surface area contributed by atoms with Crippen molar-refractivity contribution in [3.05, 3.63) is 0 Å². The SMILES string of the molecule is C1CC[C@H]2[C@@H](C1)CCN2CC12CC3CC(CC(C3)C1)C2. The van der Waals surface area contributed by atoms with Crippen molar-refractivity contribution in [2.24, 2.45) is 29.1 Å². The van der Waals surface area contributed by atoms with Crippen LogP contribution in [0.15, 0.2) is 0 Å². The second-order valence-electron chi connectivity index (χ2n) is 9.29. The highest BCUT2D eigenvalue weighted by molar-refractivity contribution is 5.04. The second-order valence-corrected chi connectivity index (χ2v) is 9.29. The Bertz CT molecular complexity index is 352. The molecule has 6 rings (SSSR count). The number of rotatable bonds is 2. The summed E-state index contributed by atoms with van der Waals surface area (Å²) in [5, 5.41) is 0. The van der Waals surface area contributed by atoms with Crippen LogP contribution in [-0.2, 0) is 0 Å². The van der Waals surface area contributed by atoms with Crippen LogP contribution in [0.4, 0.5) is 0 Å². The zero-order valence-electron chi connectivity index (χ0n) is 13.0. The molecule has 4 bridgehead atoms. The first-order valence-electron chi connectivity index (χ1n) is 9.54. The summed E-state index contributed by atoms with van der Waals surface area (Å²) in [7, 11) is 0. The van der Waals surface area contributed by atoms with Crippen LogP contribution in [0.5, 0.6) is 0 Å². The lowest BCUT2D eigenvalue weighted by atomic mass is 9.49. The number of hydrogen-bond acceptors (Lipinski definition) is 1. The van der Waals surface area contributed by atoms with E-state index in [1.54, 1.807) is 44.9 Å². The van der Waals surface area contributed by atoms with E-state index in [-0.39, 0.29) is 0 Å². The minimum Gasteiger partial charge on any atom is -0.300 e. The van der Waals surface area contributed by atoms with E-state index in [9.17, 15) is 0 Å². The normalized spacial score (nSPS) is 54.3. The van der Waals surface area contributed by atoms with Gasteiger partial charge in [-0.3, -0.25) is 4.90 Å². The molecule has 0 radical (unpaired) electrons. The Morgan fingerprint density at radius 1 is 0.800 bits per heavy atom. The summed E-state index contributed by atoms with van der Waals surface area (Å²) in [5.74, 6) is 4.47. The van der Waals surface area contributed by atoms with Gasteiger partial charge in [0.15, 0.2) is 0 Å². The molecule has 1 saturated heterocycles. The molecular weight excluding hydrogens is 242 g/mol. The summed E-state index contributed by atoms with van der Waals surface area (Å²) < 4.78 is 0. The molecule has 0 aromatic carbocycles. The van der Waals surface area contributed by atoms with Crippen LogP contribution in [-0.4, -0.2) is 24.0 Å². The van der Waals surface area contributed by atoms with Crippen molar-refractivity contribution in [3.63, 3.8) is 0 Å². The number of likely N-dealkylation sites (tertiary alicyclic amines) is 1. The third-order valence-electron chi connectivity index (χ3n) is 7.83. The lowest BCUT2D eigenvalue weighted by molar-refractivity contribution is -0.0726. The molecule has 20 heavy (non-hydrogen) atoms. The zero-order valence-corrected chi connectivity index (χ0v) is 13.0. The predicted molar refractivity (Wildman–Crippen MR) is 82.5 cm³/mol. The van der Waals surface area contributed by atoms with E-state index in [4.69, 9.17) is 0 Å². The number of nitrogens with zero attached hydrogens (tertiary/aromatic N) is 1. The van der Waals surface area contributed by atoms with Crippen molar-refractivity contribution >= 4 is 0 Å². The Balaban J connectivity index is 1.34. The highest BCUT2D eigenvalue weighted by Gasteiger charge is 2.52. The van der Waals surface area contributed by atoms with Gasteiger partial charge in [-0.1, -0.05) is 12.8 Å². The highest BCUT2D eigenvalue weighted by atomic mass is 15.2. The van der Waals surface area contributed by atoms with Crippen molar-refractivity contribution in [1.82, 2.24) is 4.90 Å². The van der Waals surface area contributed by atoms with Gasteiger partial charge < -0.3 is 0 Å². The van der Waals surface area contributed by atoms with Gasteiger partial charge in [0.25, 0.3) is 0 Å². The Hall–Kier alpha value is -0.0400. The summed E-state index contributed by atoms with van der Waals surface area (Å²) in [6, 6.07) is 0.997. The molecule has 112 valence electrons. The van der Waals surface area contributed by atoms with Gasteiger partial charge in [0.05, 0.1) is 0 Å². The molecular formula is C19H31N. The van der Waals surface area contributed by atoms with Crippen molar-refractivity contribution in [3.8, 4) is 0 Å². The number of hydrogen-bond donors (Lipinski definition) is 0. The summed E-state index contributed by atoms with van der Waals surface area (Å²) >= 11 is 0. The maximum Gasteiger partial charge on any atom is 0.0124 e. The average molecular weight is 273 g/mol. The first-order chi connectivity index (χ1) is 9.80. The van der Waals surface area contributed by atoms with Crippen LogP contribution >= 0.6 is 0 Å². The molecule has 1 nitrogen and oxygen atoms in total. The van der Waals surface area contributed by atoms with E-state index in [0.29, 0.717) is 0 Å². The van der Waals surface area contributed by atoms with Crippen molar-refractivity contribution in [1.29, 1.82) is 0 Å². The molecule has 0 amide bonds. The molecule has 6 fully saturated rings. The maximum atomic E-state index is 2.98. The summed E-state index contributed by atoms with van der Waals surface area (Å²) in [6.45, 7) is 2.94. The molecule has 0 aromatic rings. The zero-order chi connectivity index (χ0) is 13.2. The first-order valence-corrected chi connectivity index (χ1v) is 9.54. The molecule has 0 spiro atoms. The van der Waals surface area contributed by atoms with Crippen LogP contribution in [0.25, 0.3) is 0 Å². The Morgan fingerprint density at radius 2 is 1.45 bits per heavy atom. The Kier molecular flexibility index (Phi) is 2.80. The maximum absolute atomic E-state index is 2.98. The minimum atomic E-state index is 0.779. The van der Waals surface area contributed by atoms with E-state index < -0.39 is 0 Å². The largest absolute Gasteiger partial charge is 0.300 e. The van der Waals surface area contributed by atoms with Gasteiger partial charge in [-0.25, -0.2) is 0 Å². The third kappa shape index (κ3) is 1.91. The molecule has 0 aromatic heterocycles. The Morgan fingerprint density at radius 3 is 2.15 bits per heavy atom. The van der Waals surface area contributed by atoms with Crippen LogP contribution < -0.4 is 0 Å². The van der Waals surface area contributed by atoms with Crippen LogP contribution in [0.1, 0.15) is 70.6 Å². The van der Waals surface area contributed by atoms with E-state index in [0.717, 1.165) is 35.1 Å². The van der Waals surface area contributed by atoms with Gasteiger partial charge in [0.2, 0.25) is 0 Å². The topological polar surface area (TPSA) is 3.24 Å². The van der Waals surface area contributed by atoms with Gasteiger partial charge >= 0.3 is 0 Å². The highest BCUT2D eigenvalue weighted by Crippen LogP contribution is 2.60. The van der Waals surface area contributed by atoms with Gasteiger partial charge in [-0.15, -0.1) is 0 Å². The Labute approximate surface area is 124 Å². The van der Waals surface area contributed by atoms with E-state index in [2.05, 4.69) is 4.90 Å². The van der Waals surface area contributed by atoms with E-state index in [1.165, 1.54) is 38.8 Å². The fourth-order valence-corrected chi connectivity index (χ4v) is 7.61. The summed E-state index contributed by atoms with van der Waals surface area (Å²) in [5.41, 5.74) is 0.779. The standard InChI is InChI=1S/C19H31N/c1-2-4-18-17(3-1)5-6-20(18)13-19-10-14-7-15(11-19)9-16(8-14)12-19/h14-18H,1-13H2/t14?,15?,16?,17-,18-,19?/m0/s1. The second kappa shape index (κ2) is 4.48. The molecule has 2 atom stereocenters. The number of fused-ring (bicyclic) bond motifs is 1. The summed E-state index contributed by atoms with van der Waals surface area (Å²) in [4.78, 5) is 2.98. The third-order valence-corrected chi connectivity index (χ3v) is 7.83. The van der Waals surface area contributed by atoms with Crippen molar-refractivity contribution < 1.29 is 0 Å². The first kappa shape index (κ1) is 12.5. The van der Waals surface area contributed by atoms with Gasteiger partial charge in [0.1, 0.15) is 0 Å². The molecule has 1 heterocycles. The molecule has 6 aliphatic rings. The molecule has 0 unspecified atom stereocenters. The molecule has 5 saturated carbocycles. The van der Waals surface area contributed by atoms with E-state index >= 15 is 0 Å².